The van der Waals surface area contributed by atoms with Crippen molar-refractivity contribution in [3.05, 3.63) is 56.7 Å². The van der Waals surface area contributed by atoms with Gasteiger partial charge in [0.15, 0.2) is 0 Å². The quantitative estimate of drug-likeness (QED) is 0.863. The molecule has 1 unspecified atom stereocenters. The van der Waals surface area contributed by atoms with Crippen molar-refractivity contribution in [2.75, 3.05) is 6.54 Å². The zero-order valence-electron chi connectivity index (χ0n) is 9.82. The number of hydrogen-bond acceptors (Lipinski definition) is 2. The molecule has 0 saturated carbocycles. The normalized spacial score (nSPS) is 12.6. The fourth-order valence-corrected chi connectivity index (χ4v) is 3.14. The molecule has 0 radical (unpaired) electrons. The Morgan fingerprint density at radius 2 is 2.06 bits per heavy atom. The molecule has 1 heterocycles. The second-order valence-electron chi connectivity index (χ2n) is 3.98. The van der Waals surface area contributed by atoms with Crippen molar-refractivity contribution in [3.63, 3.8) is 0 Å². The third-order valence-electron chi connectivity index (χ3n) is 2.72. The summed E-state index contributed by atoms with van der Waals surface area (Å²) in [4.78, 5) is 0. The van der Waals surface area contributed by atoms with Gasteiger partial charge in [0.1, 0.15) is 0 Å². The summed E-state index contributed by atoms with van der Waals surface area (Å²) in [7, 11) is 0. The molecule has 0 aliphatic carbocycles. The van der Waals surface area contributed by atoms with Gasteiger partial charge in [-0.1, -0.05) is 37.3 Å². The predicted molar refractivity (Wildman–Crippen MR) is 78.6 cm³/mol. The lowest BCUT2D eigenvalue weighted by atomic mass is 10.0. The number of hydrogen-bond donors (Lipinski definition) is 1. The van der Waals surface area contributed by atoms with Crippen LogP contribution in [0.25, 0.3) is 0 Å². The van der Waals surface area contributed by atoms with Gasteiger partial charge in [-0.25, -0.2) is 0 Å². The van der Waals surface area contributed by atoms with Gasteiger partial charge >= 0.3 is 0 Å². The maximum Gasteiger partial charge on any atom is 0.0701 e. The van der Waals surface area contributed by atoms with E-state index in [1.165, 1.54) is 14.9 Å². The minimum Gasteiger partial charge on any atom is -0.310 e. The molecule has 1 aromatic heterocycles. The largest absolute Gasteiger partial charge is 0.310 e. The molecule has 0 bridgehead atoms. The molecule has 0 aliphatic rings. The van der Waals surface area contributed by atoms with Crippen LogP contribution in [0.3, 0.4) is 0 Å². The third kappa shape index (κ3) is 3.66. The Labute approximate surface area is 115 Å². The Morgan fingerprint density at radius 1 is 1.29 bits per heavy atom. The van der Waals surface area contributed by atoms with Gasteiger partial charge in [0, 0.05) is 6.04 Å². The summed E-state index contributed by atoms with van der Waals surface area (Å²) < 4.78 is 1.20. The smallest absolute Gasteiger partial charge is 0.0701 e. The number of likely N-dealkylation sites (N-methyl/N-ethyl adjacent to an activating group) is 1. The Balaban J connectivity index is 2.13. The third-order valence-corrected chi connectivity index (χ3v) is 4.25. The monoisotopic (exact) mass is 309 g/mol. The van der Waals surface area contributed by atoms with Gasteiger partial charge in [0.05, 0.1) is 3.79 Å². The average molecular weight is 310 g/mol. The van der Waals surface area contributed by atoms with E-state index < -0.39 is 0 Å². The maximum atomic E-state index is 3.55. The van der Waals surface area contributed by atoms with E-state index in [-0.39, 0.29) is 0 Å². The molecule has 2 aromatic rings. The van der Waals surface area contributed by atoms with Crippen molar-refractivity contribution in [3.8, 4) is 0 Å². The van der Waals surface area contributed by atoms with Crippen LogP contribution in [0.4, 0.5) is 0 Å². The van der Waals surface area contributed by atoms with Crippen molar-refractivity contribution in [1.82, 2.24) is 5.32 Å². The fraction of sp³-hybridized carbons (Fsp3) is 0.286. The van der Waals surface area contributed by atoms with Gasteiger partial charge in [-0.2, -0.15) is 0 Å². The summed E-state index contributed by atoms with van der Waals surface area (Å²) >= 11 is 5.27. The molecular weight excluding hydrogens is 294 g/mol. The first-order chi connectivity index (χ1) is 8.29. The van der Waals surface area contributed by atoms with Crippen molar-refractivity contribution in [2.45, 2.75) is 19.4 Å². The van der Waals surface area contributed by atoms with Crippen molar-refractivity contribution < 1.29 is 0 Å². The summed E-state index contributed by atoms with van der Waals surface area (Å²) in [6, 6.07) is 13.2. The lowest BCUT2D eigenvalue weighted by Crippen LogP contribution is -2.22. The molecule has 0 amide bonds. The molecule has 1 nitrogen and oxygen atoms in total. The predicted octanol–water partition coefficient (Wildman–Crippen LogP) is 4.40. The molecular formula is C14H16BrNS. The van der Waals surface area contributed by atoms with Crippen LogP contribution < -0.4 is 5.32 Å². The van der Waals surface area contributed by atoms with Crippen molar-refractivity contribution >= 4 is 27.3 Å². The lowest BCUT2D eigenvalue weighted by molar-refractivity contribution is 0.551. The first kappa shape index (κ1) is 12.8. The number of rotatable bonds is 5. The first-order valence-electron chi connectivity index (χ1n) is 5.81. The van der Waals surface area contributed by atoms with Crippen LogP contribution in [0.2, 0.25) is 0 Å². The minimum atomic E-state index is 0.407. The molecule has 1 atom stereocenters. The minimum absolute atomic E-state index is 0.407. The highest BCUT2D eigenvalue weighted by molar-refractivity contribution is 9.11. The van der Waals surface area contributed by atoms with E-state index in [0.717, 1.165) is 13.0 Å². The SMILES string of the molecule is CCNC(Cc1ccccc1)c1csc(Br)c1. The number of benzene rings is 1. The maximum absolute atomic E-state index is 3.55. The second kappa shape index (κ2) is 6.34. The van der Waals surface area contributed by atoms with Crippen LogP contribution in [0.15, 0.2) is 45.6 Å². The molecule has 0 aliphatic heterocycles. The van der Waals surface area contributed by atoms with Gasteiger partial charge in [-0.3, -0.25) is 0 Å². The first-order valence-corrected chi connectivity index (χ1v) is 7.48. The molecule has 90 valence electrons. The van der Waals surface area contributed by atoms with Crippen LogP contribution >= 0.6 is 27.3 Å². The molecule has 0 spiro atoms. The molecule has 0 saturated heterocycles. The highest BCUT2D eigenvalue weighted by atomic mass is 79.9. The van der Waals surface area contributed by atoms with E-state index in [1.54, 1.807) is 11.3 Å². The Hall–Kier alpha value is -0.640. The summed E-state index contributed by atoms with van der Waals surface area (Å²) in [5.41, 5.74) is 2.74. The van der Waals surface area contributed by atoms with Crippen LogP contribution in [0.5, 0.6) is 0 Å². The molecule has 0 fully saturated rings. The molecule has 2 rings (SSSR count). The Morgan fingerprint density at radius 3 is 2.65 bits per heavy atom. The standard InChI is InChI=1S/C14H16BrNS/c1-2-16-13(12-9-14(15)17-10-12)8-11-6-4-3-5-7-11/h3-7,9-10,13,16H,2,8H2,1H3. The van der Waals surface area contributed by atoms with E-state index in [9.17, 15) is 0 Å². The topological polar surface area (TPSA) is 12.0 Å². The Bertz CT molecular complexity index is 452. The molecule has 17 heavy (non-hydrogen) atoms. The van der Waals surface area contributed by atoms with E-state index in [2.05, 4.69) is 69.9 Å². The van der Waals surface area contributed by atoms with Gasteiger partial charge in [-0.15, -0.1) is 11.3 Å². The second-order valence-corrected chi connectivity index (χ2v) is 6.27. The summed E-state index contributed by atoms with van der Waals surface area (Å²) in [5.74, 6) is 0. The van der Waals surface area contributed by atoms with E-state index in [1.807, 2.05) is 0 Å². The summed E-state index contributed by atoms with van der Waals surface area (Å²) in [5, 5.41) is 5.77. The zero-order chi connectivity index (χ0) is 12.1. The summed E-state index contributed by atoms with van der Waals surface area (Å²) in [6.07, 6.45) is 1.04. The van der Waals surface area contributed by atoms with E-state index in [4.69, 9.17) is 0 Å². The highest BCUT2D eigenvalue weighted by Gasteiger charge is 2.12. The lowest BCUT2D eigenvalue weighted by Gasteiger charge is -2.16. The van der Waals surface area contributed by atoms with Gasteiger partial charge in [-0.05, 0) is 51.5 Å². The average Bonchev–Trinajstić information content (AvgIpc) is 2.77. The van der Waals surface area contributed by atoms with Crippen LogP contribution in [0.1, 0.15) is 24.1 Å². The van der Waals surface area contributed by atoms with Crippen molar-refractivity contribution in [1.29, 1.82) is 0 Å². The highest BCUT2D eigenvalue weighted by Crippen LogP contribution is 2.27. The van der Waals surface area contributed by atoms with E-state index >= 15 is 0 Å². The number of thiophene rings is 1. The van der Waals surface area contributed by atoms with Crippen LogP contribution in [0, 0.1) is 0 Å². The number of halogens is 1. The van der Waals surface area contributed by atoms with E-state index in [0.29, 0.717) is 6.04 Å². The molecule has 3 heteroatoms. The molecule has 1 N–H and O–H groups in total. The molecule has 1 aromatic carbocycles. The Kier molecular flexibility index (Phi) is 4.77. The fourth-order valence-electron chi connectivity index (χ4n) is 1.91. The number of nitrogens with one attached hydrogen (secondary N) is 1. The summed E-state index contributed by atoms with van der Waals surface area (Å²) in [6.45, 7) is 3.14. The van der Waals surface area contributed by atoms with Crippen LogP contribution in [-0.4, -0.2) is 6.54 Å². The zero-order valence-corrected chi connectivity index (χ0v) is 12.2. The van der Waals surface area contributed by atoms with Gasteiger partial charge in [0.2, 0.25) is 0 Å². The van der Waals surface area contributed by atoms with Crippen LogP contribution in [-0.2, 0) is 6.42 Å². The van der Waals surface area contributed by atoms with Gasteiger partial charge < -0.3 is 5.32 Å². The van der Waals surface area contributed by atoms with Gasteiger partial charge in [0.25, 0.3) is 0 Å². The van der Waals surface area contributed by atoms with Crippen molar-refractivity contribution in [2.24, 2.45) is 0 Å².